The Morgan fingerprint density at radius 2 is 2.35 bits per heavy atom. The van der Waals surface area contributed by atoms with Gasteiger partial charge < -0.3 is 4.74 Å². The monoisotopic (exact) mass is 301 g/mol. The smallest absolute Gasteiger partial charge is 0.346 e. The second-order valence-electron chi connectivity index (χ2n) is 3.34. The molecule has 1 heterocycles. The van der Waals surface area contributed by atoms with Gasteiger partial charge in [-0.15, -0.1) is 5.10 Å². The van der Waals surface area contributed by atoms with Crippen molar-refractivity contribution in [1.29, 1.82) is 0 Å². The number of methoxy groups -OCH3 is 1. The lowest BCUT2D eigenvalue weighted by Gasteiger charge is -2.06. The van der Waals surface area contributed by atoms with Crippen molar-refractivity contribution in [2.75, 3.05) is 7.11 Å². The maximum absolute atomic E-state index is 13.5. The first-order valence-electron chi connectivity index (χ1n) is 4.75. The fraction of sp³-hybridized carbons (Fsp3) is 0.200. The third-order valence-electron chi connectivity index (χ3n) is 2.24. The molecule has 0 spiro atoms. The molecule has 2 rings (SSSR count). The number of hydrogen-bond acceptors (Lipinski definition) is 3. The number of hydrogen-bond donors (Lipinski definition) is 1. The molecule has 0 saturated carbocycles. The van der Waals surface area contributed by atoms with Crippen LogP contribution in [0.2, 0.25) is 0 Å². The van der Waals surface area contributed by atoms with Crippen molar-refractivity contribution in [3.05, 3.63) is 44.5 Å². The van der Waals surface area contributed by atoms with Gasteiger partial charge in [0.15, 0.2) is 0 Å². The lowest BCUT2D eigenvalue weighted by atomic mass is 10.2. The summed E-state index contributed by atoms with van der Waals surface area (Å²) in [4.78, 5) is 11.4. The van der Waals surface area contributed by atoms with Crippen LogP contribution in [0, 0.1) is 5.82 Å². The van der Waals surface area contributed by atoms with Crippen LogP contribution in [0.5, 0.6) is 6.01 Å². The molecule has 1 aromatic heterocycles. The van der Waals surface area contributed by atoms with Crippen molar-refractivity contribution in [3.63, 3.8) is 0 Å². The molecule has 0 aliphatic rings. The van der Waals surface area contributed by atoms with E-state index in [2.05, 4.69) is 26.1 Å². The predicted molar refractivity (Wildman–Crippen MR) is 62.6 cm³/mol. The van der Waals surface area contributed by atoms with E-state index in [1.165, 1.54) is 17.7 Å². The van der Waals surface area contributed by atoms with Crippen LogP contribution in [0.4, 0.5) is 4.39 Å². The molecule has 0 amide bonds. The normalized spacial score (nSPS) is 10.5. The fourth-order valence-electron chi connectivity index (χ4n) is 1.43. The minimum absolute atomic E-state index is 0.0593. The minimum Gasteiger partial charge on any atom is -0.467 e. The Bertz CT molecular complexity index is 593. The van der Waals surface area contributed by atoms with Gasteiger partial charge >= 0.3 is 11.7 Å². The van der Waals surface area contributed by atoms with Gasteiger partial charge in [-0.05, 0) is 18.2 Å². The van der Waals surface area contributed by atoms with Crippen LogP contribution in [0.15, 0.2) is 27.5 Å². The van der Waals surface area contributed by atoms with E-state index in [4.69, 9.17) is 4.74 Å². The Morgan fingerprint density at radius 3 is 3.06 bits per heavy atom. The lowest BCUT2D eigenvalue weighted by Crippen LogP contribution is -2.18. The highest BCUT2D eigenvalue weighted by atomic mass is 79.9. The Morgan fingerprint density at radius 1 is 1.59 bits per heavy atom. The highest BCUT2D eigenvalue weighted by Crippen LogP contribution is 2.17. The third kappa shape index (κ3) is 2.38. The van der Waals surface area contributed by atoms with Gasteiger partial charge in [-0.25, -0.2) is 18.9 Å². The van der Waals surface area contributed by atoms with E-state index in [1.54, 1.807) is 12.1 Å². The molecule has 0 aliphatic carbocycles. The molecule has 0 radical (unpaired) electrons. The van der Waals surface area contributed by atoms with Crippen molar-refractivity contribution >= 4 is 15.9 Å². The van der Waals surface area contributed by atoms with Crippen LogP contribution in [0.3, 0.4) is 0 Å². The number of nitrogens with zero attached hydrogens (tertiary/aromatic N) is 2. The third-order valence-corrected chi connectivity index (χ3v) is 2.74. The number of ether oxygens (including phenoxy) is 1. The number of rotatable bonds is 3. The van der Waals surface area contributed by atoms with Gasteiger partial charge in [0, 0.05) is 10.0 Å². The van der Waals surface area contributed by atoms with Gasteiger partial charge in [-0.3, -0.25) is 0 Å². The predicted octanol–water partition coefficient (Wildman–Crippen LogP) is 1.53. The molecule has 5 nitrogen and oxygen atoms in total. The summed E-state index contributed by atoms with van der Waals surface area (Å²) in [5.41, 5.74) is -0.0672. The first kappa shape index (κ1) is 11.8. The van der Waals surface area contributed by atoms with Crippen LogP contribution in [-0.4, -0.2) is 21.9 Å². The first-order chi connectivity index (χ1) is 8.11. The molecule has 7 heteroatoms. The number of nitrogens with one attached hydrogen (secondary N) is 1. The highest BCUT2D eigenvalue weighted by molar-refractivity contribution is 9.10. The van der Waals surface area contributed by atoms with Crippen molar-refractivity contribution in [1.82, 2.24) is 14.8 Å². The fourth-order valence-corrected chi connectivity index (χ4v) is 1.84. The summed E-state index contributed by atoms with van der Waals surface area (Å²) in [7, 11) is 1.39. The number of aromatic nitrogens is 3. The maximum Gasteiger partial charge on any atom is 0.346 e. The quantitative estimate of drug-likeness (QED) is 0.935. The second kappa shape index (κ2) is 4.70. The number of aromatic amines is 1. The van der Waals surface area contributed by atoms with Crippen LogP contribution in [0.25, 0.3) is 0 Å². The largest absolute Gasteiger partial charge is 0.467 e. The van der Waals surface area contributed by atoms with Crippen LogP contribution >= 0.6 is 15.9 Å². The number of H-pyrrole nitrogens is 1. The summed E-state index contributed by atoms with van der Waals surface area (Å²) in [5.74, 6) is -0.386. The summed E-state index contributed by atoms with van der Waals surface area (Å²) in [6, 6.07) is 4.65. The van der Waals surface area contributed by atoms with Gasteiger partial charge in [-0.1, -0.05) is 15.9 Å². The average molecular weight is 302 g/mol. The molecular weight excluding hydrogens is 293 g/mol. The Labute approximate surface area is 104 Å². The van der Waals surface area contributed by atoms with Crippen molar-refractivity contribution in [2.24, 2.45) is 0 Å². The standard InChI is InChI=1S/C10H9BrFN3O2/c1-17-10-14-13-9(16)15(10)5-6-4-7(11)2-3-8(6)12/h2-4H,5H2,1H3,(H,13,16). The Kier molecular flexibility index (Phi) is 3.28. The zero-order valence-corrected chi connectivity index (χ0v) is 10.5. The number of halogens is 2. The molecular formula is C10H9BrFN3O2. The van der Waals surface area contributed by atoms with Crippen molar-refractivity contribution in [2.45, 2.75) is 6.54 Å². The van der Waals surface area contributed by atoms with E-state index in [0.717, 1.165) is 4.47 Å². The molecule has 0 unspecified atom stereocenters. The zero-order valence-electron chi connectivity index (χ0n) is 8.91. The average Bonchev–Trinajstić information content (AvgIpc) is 2.65. The second-order valence-corrected chi connectivity index (χ2v) is 4.25. The van der Waals surface area contributed by atoms with E-state index in [1.807, 2.05) is 0 Å². The number of benzene rings is 1. The molecule has 0 bridgehead atoms. The summed E-state index contributed by atoms with van der Waals surface area (Å²) in [6.45, 7) is 0.0593. The lowest BCUT2D eigenvalue weighted by molar-refractivity contribution is 0.357. The molecule has 2 aromatic rings. The van der Waals surface area contributed by atoms with Crippen LogP contribution < -0.4 is 10.4 Å². The first-order valence-corrected chi connectivity index (χ1v) is 5.54. The van der Waals surface area contributed by atoms with Crippen LogP contribution in [-0.2, 0) is 6.54 Å². The van der Waals surface area contributed by atoms with E-state index in [0.29, 0.717) is 5.56 Å². The molecule has 0 aliphatic heterocycles. The van der Waals surface area contributed by atoms with Gasteiger partial charge in [-0.2, -0.15) is 0 Å². The van der Waals surface area contributed by atoms with Gasteiger partial charge in [0.05, 0.1) is 13.7 Å². The van der Waals surface area contributed by atoms with Gasteiger partial charge in [0.25, 0.3) is 0 Å². The topological polar surface area (TPSA) is 59.9 Å². The Balaban J connectivity index is 2.40. The van der Waals surface area contributed by atoms with Gasteiger partial charge in [0.2, 0.25) is 0 Å². The highest BCUT2D eigenvalue weighted by Gasteiger charge is 2.11. The van der Waals surface area contributed by atoms with E-state index in [9.17, 15) is 9.18 Å². The van der Waals surface area contributed by atoms with E-state index < -0.39 is 5.69 Å². The SMILES string of the molecule is COc1n[nH]c(=O)n1Cc1cc(Br)ccc1F. The minimum atomic E-state index is -0.443. The van der Waals surface area contributed by atoms with Crippen molar-refractivity contribution in [3.8, 4) is 6.01 Å². The molecule has 1 aromatic carbocycles. The zero-order chi connectivity index (χ0) is 12.4. The van der Waals surface area contributed by atoms with Crippen molar-refractivity contribution < 1.29 is 9.13 Å². The summed E-state index contributed by atoms with van der Waals surface area (Å²) < 4.78 is 20.4. The molecule has 0 atom stereocenters. The van der Waals surface area contributed by atoms with Gasteiger partial charge in [0.1, 0.15) is 5.82 Å². The summed E-state index contributed by atoms with van der Waals surface area (Å²) >= 11 is 3.25. The van der Waals surface area contributed by atoms with E-state index in [-0.39, 0.29) is 18.4 Å². The molecule has 0 fully saturated rings. The maximum atomic E-state index is 13.5. The van der Waals surface area contributed by atoms with Crippen LogP contribution in [0.1, 0.15) is 5.56 Å². The van der Waals surface area contributed by atoms with E-state index >= 15 is 0 Å². The summed E-state index contributed by atoms with van der Waals surface area (Å²) in [6.07, 6.45) is 0. The Hall–Kier alpha value is -1.63. The molecule has 90 valence electrons. The molecule has 0 saturated heterocycles. The molecule has 17 heavy (non-hydrogen) atoms. The molecule has 1 N–H and O–H groups in total. The summed E-state index contributed by atoms with van der Waals surface area (Å²) in [5, 5.41) is 5.89.